The molecule has 144 valence electrons. The highest BCUT2D eigenvalue weighted by atomic mass is 19.1. The predicted molar refractivity (Wildman–Crippen MR) is 100 cm³/mol. The van der Waals surface area contributed by atoms with E-state index in [4.69, 9.17) is 9.47 Å². The molecule has 0 atom stereocenters. The third-order valence-corrected chi connectivity index (χ3v) is 4.02. The van der Waals surface area contributed by atoms with Gasteiger partial charge in [-0.1, -0.05) is 6.07 Å². The summed E-state index contributed by atoms with van der Waals surface area (Å²) in [6, 6.07) is 11.0. The van der Waals surface area contributed by atoms with Crippen LogP contribution in [0.2, 0.25) is 0 Å². The fourth-order valence-electron chi connectivity index (χ4n) is 2.58. The maximum absolute atomic E-state index is 13.0. The molecular formula is C20H23FN2O4. The number of amides is 2. The van der Waals surface area contributed by atoms with Crippen molar-refractivity contribution in [1.29, 1.82) is 0 Å². The molecule has 0 saturated carbocycles. The first-order chi connectivity index (χ1) is 12.9. The lowest BCUT2D eigenvalue weighted by Crippen LogP contribution is -2.33. The van der Waals surface area contributed by atoms with E-state index in [-0.39, 0.29) is 30.6 Å². The Morgan fingerprint density at radius 1 is 1.04 bits per heavy atom. The van der Waals surface area contributed by atoms with Crippen molar-refractivity contribution in [3.05, 3.63) is 53.8 Å². The van der Waals surface area contributed by atoms with Gasteiger partial charge in [0, 0.05) is 32.1 Å². The normalized spacial score (nSPS) is 10.2. The summed E-state index contributed by atoms with van der Waals surface area (Å²) < 4.78 is 23.5. The molecule has 0 spiro atoms. The van der Waals surface area contributed by atoms with Crippen LogP contribution in [0.15, 0.2) is 42.5 Å². The summed E-state index contributed by atoms with van der Waals surface area (Å²) in [7, 11) is 3.10. The number of nitrogens with zero attached hydrogens (tertiary/aromatic N) is 1. The molecule has 0 aromatic heterocycles. The Balaban J connectivity index is 1.91. The van der Waals surface area contributed by atoms with Gasteiger partial charge in [0.25, 0.3) is 0 Å². The van der Waals surface area contributed by atoms with E-state index in [2.05, 4.69) is 5.32 Å². The second-order valence-electron chi connectivity index (χ2n) is 5.86. The van der Waals surface area contributed by atoms with Gasteiger partial charge in [0.1, 0.15) is 5.82 Å². The van der Waals surface area contributed by atoms with Gasteiger partial charge in [-0.05, 0) is 42.0 Å². The third kappa shape index (κ3) is 5.70. The summed E-state index contributed by atoms with van der Waals surface area (Å²) in [5, 5.41) is 2.81. The van der Waals surface area contributed by atoms with Gasteiger partial charge < -0.3 is 19.7 Å². The van der Waals surface area contributed by atoms with Gasteiger partial charge in [0.05, 0.1) is 14.2 Å². The highest BCUT2D eigenvalue weighted by Crippen LogP contribution is 2.27. The first-order valence-electron chi connectivity index (χ1n) is 8.46. The Morgan fingerprint density at radius 3 is 2.30 bits per heavy atom. The second kappa shape index (κ2) is 9.56. The number of hydrogen-bond acceptors (Lipinski definition) is 4. The number of hydrogen-bond donors (Lipinski definition) is 1. The third-order valence-electron chi connectivity index (χ3n) is 4.02. The van der Waals surface area contributed by atoms with Crippen molar-refractivity contribution in [3.63, 3.8) is 0 Å². The Bertz CT molecular complexity index is 793. The molecule has 2 amide bonds. The second-order valence-corrected chi connectivity index (χ2v) is 5.86. The Labute approximate surface area is 157 Å². The number of nitrogens with one attached hydrogen (secondary N) is 1. The van der Waals surface area contributed by atoms with Crippen molar-refractivity contribution in [2.24, 2.45) is 0 Å². The number of ether oxygens (including phenoxy) is 2. The fraction of sp³-hybridized carbons (Fsp3) is 0.300. The van der Waals surface area contributed by atoms with Crippen LogP contribution >= 0.6 is 0 Å². The van der Waals surface area contributed by atoms with E-state index in [0.29, 0.717) is 23.7 Å². The molecule has 0 fully saturated rings. The molecular weight excluding hydrogens is 351 g/mol. The van der Waals surface area contributed by atoms with Gasteiger partial charge in [-0.25, -0.2) is 4.39 Å². The molecule has 0 aliphatic rings. The van der Waals surface area contributed by atoms with Crippen LogP contribution in [0.4, 0.5) is 10.1 Å². The van der Waals surface area contributed by atoms with Crippen LogP contribution in [0.1, 0.15) is 18.9 Å². The smallest absolute Gasteiger partial charge is 0.223 e. The Hall–Kier alpha value is -3.09. The van der Waals surface area contributed by atoms with Crippen LogP contribution in [0.25, 0.3) is 0 Å². The molecule has 1 N–H and O–H groups in total. The zero-order valence-electron chi connectivity index (χ0n) is 15.6. The molecule has 0 saturated heterocycles. The van der Waals surface area contributed by atoms with Crippen LogP contribution in [-0.2, 0) is 16.1 Å². The molecule has 2 rings (SSSR count). The first-order valence-corrected chi connectivity index (χ1v) is 8.46. The lowest BCUT2D eigenvalue weighted by atomic mass is 10.2. The van der Waals surface area contributed by atoms with Crippen molar-refractivity contribution in [2.45, 2.75) is 19.9 Å². The van der Waals surface area contributed by atoms with Gasteiger partial charge in [-0.15, -0.1) is 0 Å². The monoisotopic (exact) mass is 374 g/mol. The summed E-state index contributed by atoms with van der Waals surface area (Å²) >= 11 is 0. The molecule has 0 unspecified atom stereocenters. The number of benzene rings is 2. The van der Waals surface area contributed by atoms with E-state index in [1.54, 1.807) is 26.4 Å². The summed E-state index contributed by atoms with van der Waals surface area (Å²) in [6.07, 6.45) is 0.129. The van der Waals surface area contributed by atoms with Crippen molar-refractivity contribution in [2.75, 3.05) is 25.7 Å². The molecule has 2 aromatic carbocycles. The van der Waals surface area contributed by atoms with Gasteiger partial charge in [-0.3, -0.25) is 9.59 Å². The summed E-state index contributed by atoms with van der Waals surface area (Å²) in [5.41, 5.74) is 1.42. The number of carbonyl (C=O) groups is 2. The number of carbonyl (C=O) groups excluding carboxylic acids is 2. The number of methoxy groups -OCH3 is 2. The number of anilines is 1. The van der Waals surface area contributed by atoms with Crippen molar-refractivity contribution < 1.29 is 23.5 Å². The lowest BCUT2D eigenvalue weighted by molar-refractivity contribution is -0.121. The van der Waals surface area contributed by atoms with E-state index in [1.165, 1.54) is 36.1 Å². The summed E-state index contributed by atoms with van der Waals surface area (Å²) in [4.78, 5) is 25.4. The summed E-state index contributed by atoms with van der Waals surface area (Å²) in [6.45, 7) is 1.94. The zero-order valence-corrected chi connectivity index (χ0v) is 15.6. The molecule has 0 bridgehead atoms. The molecule has 0 aliphatic carbocycles. The molecule has 6 nitrogen and oxygen atoms in total. The standard InChI is InChI=1S/C20H23FN2O4/c1-14(24)23(17-7-5-16(21)6-8-17)11-10-20(25)22-13-15-4-9-18(26-2)19(12-15)27-3/h4-9,12H,10-11,13H2,1-3H3,(H,22,25). The van der Waals surface area contributed by atoms with Crippen LogP contribution in [0.3, 0.4) is 0 Å². The average molecular weight is 374 g/mol. The average Bonchev–Trinajstić information content (AvgIpc) is 2.67. The highest BCUT2D eigenvalue weighted by molar-refractivity contribution is 5.92. The maximum Gasteiger partial charge on any atom is 0.223 e. The molecule has 0 radical (unpaired) electrons. The fourth-order valence-corrected chi connectivity index (χ4v) is 2.58. The van der Waals surface area contributed by atoms with Crippen LogP contribution in [0, 0.1) is 5.82 Å². The predicted octanol–water partition coefficient (Wildman–Crippen LogP) is 2.90. The van der Waals surface area contributed by atoms with Crippen LogP contribution in [-0.4, -0.2) is 32.6 Å². The van der Waals surface area contributed by atoms with Gasteiger partial charge in [0.2, 0.25) is 11.8 Å². The minimum atomic E-state index is -0.380. The Kier molecular flexibility index (Phi) is 7.16. The zero-order chi connectivity index (χ0) is 19.8. The molecule has 27 heavy (non-hydrogen) atoms. The lowest BCUT2D eigenvalue weighted by Gasteiger charge is -2.21. The Morgan fingerprint density at radius 2 is 1.70 bits per heavy atom. The minimum Gasteiger partial charge on any atom is -0.493 e. The van der Waals surface area contributed by atoms with Gasteiger partial charge in [0.15, 0.2) is 11.5 Å². The maximum atomic E-state index is 13.0. The van der Waals surface area contributed by atoms with E-state index in [9.17, 15) is 14.0 Å². The van der Waals surface area contributed by atoms with Gasteiger partial charge in [-0.2, -0.15) is 0 Å². The van der Waals surface area contributed by atoms with E-state index >= 15 is 0 Å². The summed E-state index contributed by atoms with van der Waals surface area (Å²) in [5.74, 6) is 0.412. The van der Waals surface area contributed by atoms with Crippen molar-refractivity contribution in [1.82, 2.24) is 5.32 Å². The molecule has 0 heterocycles. The number of halogens is 1. The van der Waals surface area contributed by atoms with Crippen LogP contribution < -0.4 is 19.7 Å². The SMILES string of the molecule is COc1ccc(CNC(=O)CCN(C(C)=O)c2ccc(F)cc2)cc1OC. The van der Waals surface area contributed by atoms with Crippen molar-refractivity contribution in [3.8, 4) is 11.5 Å². The highest BCUT2D eigenvalue weighted by Gasteiger charge is 2.14. The van der Waals surface area contributed by atoms with Gasteiger partial charge >= 0.3 is 0 Å². The minimum absolute atomic E-state index is 0.129. The van der Waals surface area contributed by atoms with E-state index < -0.39 is 0 Å². The van der Waals surface area contributed by atoms with Crippen molar-refractivity contribution >= 4 is 17.5 Å². The first kappa shape index (κ1) is 20.2. The van der Waals surface area contributed by atoms with Crippen LogP contribution in [0.5, 0.6) is 11.5 Å². The van der Waals surface area contributed by atoms with E-state index in [0.717, 1.165) is 5.56 Å². The quantitative estimate of drug-likeness (QED) is 0.772. The molecule has 0 aliphatic heterocycles. The van der Waals surface area contributed by atoms with E-state index in [1.807, 2.05) is 6.07 Å². The topological polar surface area (TPSA) is 67.9 Å². The molecule has 7 heteroatoms. The number of rotatable bonds is 8. The largest absolute Gasteiger partial charge is 0.493 e. The molecule has 2 aromatic rings.